The first-order valence-corrected chi connectivity index (χ1v) is 8.62. The molecule has 8 nitrogen and oxygen atoms in total. The number of aromatic amines is 2. The second-order valence-electron chi connectivity index (χ2n) is 6.47. The van der Waals surface area contributed by atoms with E-state index in [0.29, 0.717) is 12.1 Å². The molecule has 0 bridgehead atoms. The highest BCUT2D eigenvalue weighted by Crippen LogP contribution is 2.21. The molecule has 8 heteroatoms. The molecule has 134 valence electrons. The standard InChI is InChI=1S/C17H23N5O3/c1-12-18-6-9-21(12)8-5-14-4-2-3-7-22(14)15(23)10-13-11-19-17(25)20-16(13)24/h6,9,11,14H,2-5,7-8,10H2,1H3,(H2,19,20,24,25)/t14-/m0/s1. The number of imidazole rings is 1. The molecule has 0 unspecified atom stereocenters. The summed E-state index contributed by atoms with van der Waals surface area (Å²) in [5, 5.41) is 0. The lowest BCUT2D eigenvalue weighted by atomic mass is 9.98. The van der Waals surface area contributed by atoms with Crippen molar-refractivity contribution >= 4 is 5.91 Å². The Balaban J connectivity index is 1.67. The van der Waals surface area contributed by atoms with E-state index >= 15 is 0 Å². The highest BCUT2D eigenvalue weighted by molar-refractivity contribution is 5.79. The van der Waals surface area contributed by atoms with E-state index in [9.17, 15) is 14.4 Å². The van der Waals surface area contributed by atoms with E-state index in [1.165, 1.54) is 6.20 Å². The van der Waals surface area contributed by atoms with Crippen LogP contribution in [0.1, 0.15) is 37.1 Å². The first-order valence-electron chi connectivity index (χ1n) is 8.62. The van der Waals surface area contributed by atoms with Crippen molar-refractivity contribution in [3.05, 3.63) is 50.8 Å². The van der Waals surface area contributed by atoms with Crippen LogP contribution in [0.5, 0.6) is 0 Å². The Kier molecular flexibility index (Phi) is 5.16. The van der Waals surface area contributed by atoms with Crippen molar-refractivity contribution in [3.63, 3.8) is 0 Å². The quantitative estimate of drug-likeness (QED) is 0.827. The van der Waals surface area contributed by atoms with Crippen LogP contribution in [0.3, 0.4) is 0 Å². The van der Waals surface area contributed by atoms with Crippen LogP contribution in [-0.2, 0) is 17.8 Å². The van der Waals surface area contributed by atoms with Crippen molar-refractivity contribution in [2.24, 2.45) is 0 Å². The number of aryl methyl sites for hydroxylation is 2. The molecule has 1 aliphatic heterocycles. The van der Waals surface area contributed by atoms with Gasteiger partial charge >= 0.3 is 5.69 Å². The van der Waals surface area contributed by atoms with Gasteiger partial charge in [0.2, 0.25) is 5.91 Å². The van der Waals surface area contributed by atoms with Gasteiger partial charge in [-0.3, -0.25) is 14.6 Å². The predicted octanol–water partition coefficient (Wildman–Crippen LogP) is 0.582. The maximum Gasteiger partial charge on any atom is 0.325 e. The van der Waals surface area contributed by atoms with E-state index in [0.717, 1.165) is 38.1 Å². The summed E-state index contributed by atoms with van der Waals surface area (Å²) in [4.78, 5) is 46.3. The number of amides is 1. The van der Waals surface area contributed by atoms with Gasteiger partial charge in [-0.2, -0.15) is 0 Å². The van der Waals surface area contributed by atoms with Crippen molar-refractivity contribution in [2.75, 3.05) is 6.54 Å². The molecule has 2 aromatic rings. The van der Waals surface area contributed by atoms with Crippen molar-refractivity contribution < 1.29 is 4.79 Å². The first-order chi connectivity index (χ1) is 12.0. The summed E-state index contributed by atoms with van der Waals surface area (Å²) in [6.07, 6.45) is 8.99. The van der Waals surface area contributed by atoms with E-state index in [1.807, 2.05) is 18.0 Å². The van der Waals surface area contributed by atoms with Crippen LogP contribution >= 0.6 is 0 Å². The molecule has 2 aromatic heterocycles. The summed E-state index contributed by atoms with van der Waals surface area (Å²) in [5.41, 5.74) is -0.771. The zero-order chi connectivity index (χ0) is 17.8. The van der Waals surface area contributed by atoms with Gasteiger partial charge in [0.25, 0.3) is 5.56 Å². The highest BCUT2D eigenvalue weighted by atomic mass is 16.2. The largest absolute Gasteiger partial charge is 0.339 e. The maximum atomic E-state index is 12.7. The number of nitrogens with one attached hydrogen (secondary N) is 2. The third-order valence-corrected chi connectivity index (χ3v) is 4.81. The van der Waals surface area contributed by atoms with Crippen LogP contribution in [0.15, 0.2) is 28.2 Å². The Morgan fingerprint density at radius 3 is 2.92 bits per heavy atom. The Bertz CT molecular complexity index is 850. The van der Waals surface area contributed by atoms with Crippen LogP contribution in [0.2, 0.25) is 0 Å². The molecule has 1 saturated heterocycles. The minimum atomic E-state index is -0.562. The summed E-state index contributed by atoms with van der Waals surface area (Å²) in [6.45, 7) is 3.50. The fraction of sp³-hybridized carbons (Fsp3) is 0.529. The molecule has 1 amide bonds. The van der Waals surface area contributed by atoms with Gasteiger partial charge in [0.05, 0.1) is 6.42 Å². The molecule has 0 aliphatic carbocycles. The smallest absolute Gasteiger partial charge is 0.325 e. The molecule has 0 radical (unpaired) electrons. The average molecular weight is 345 g/mol. The van der Waals surface area contributed by atoms with Gasteiger partial charge in [-0.05, 0) is 32.6 Å². The average Bonchev–Trinajstić information content (AvgIpc) is 3.01. The van der Waals surface area contributed by atoms with Crippen LogP contribution in [0.25, 0.3) is 0 Å². The molecule has 1 aliphatic rings. The van der Waals surface area contributed by atoms with E-state index in [2.05, 4.69) is 19.5 Å². The van der Waals surface area contributed by atoms with Crippen molar-refractivity contribution in [1.82, 2.24) is 24.4 Å². The third-order valence-electron chi connectivity index (χ3n) is 4.81. The molecule has 0 saturated carbocycles. The minimum Gasteiger partial charge on any atom is -0.339 e. The zero-order valence-electron chi connectivity index (χ0n) is 14.3. The third kappa shape index (κ3) is 4.07. The van der Waals surface area contributed by atoms with Crippen LogP contribution in [0.4, 0.5) is 0 Å². The Labute approximate surface area is 144 Å². The molecule has 1 fully saturated rings. The molecular weight excluding hydrogens is 322 g/mol. The van der Waals surface area contributed by atoms with Gasteiger partial charge in [0.15, 0.2) is 0 Å². The second kappa shape index (κ2) is 7.50. The fourth-order valence-electron chi connectivity index (χ4n) is 3.39. The summed E-state index contributed by atoms with van der Waals surface area (Å²) in [7, 11) is 0. The van der Waals surface area contributed by atoms with Gasteiger partial charge in [-0.1, -0.05) is 0 Å². The lowest BCUT2D eigenvalue weighted by Gasteiger charge is -2.36. The second-order valence-corrected chi connectivity index (χ2v) is 6.47. The number of hydrogen-bond acceptors (Lipinski definition) is 4. The Morgan fingerprint density at radius 2 is 2.20 bits per heavy atom. The lowest BCUT2D eigenvalue weighted by Crippen LogP contribution is -2.45. The van der Waals surface area contributed by atoms with Crippen molar-refractivity contribution in [2.45, 2.75) is 51.6 Å². The summed E-state index contributed by atoms with van der Waals surface area (Å²) in [6, 6.07) is 0.171. The van der Waals surface area contributed by atoms with E-state index in [-0.39, 0.29) is 18.4 Å². The lowest BCUT2D eigenvalue weighted by molar-refractivity contribution is -0.134. The zero-order valence-corrected chi connectivity index (χ0v) is 14.3. The van der Waals surface area contributed by atoms with E-state index in [1.54, 1.807) is 6.20 Å². The number of aromatic nitrogens is 4. The number of H-pyrrole nitrogens is 2. The number of rotatable bonds is 5. The molecular formula is C17H23N5O3. The maximum absolute atomic E-state index is 12.7. The van der Waals surface area contributed by atoms with Gasteiger partial charge in [-0.25, -0.2) is 9.78 Å². The normalized spacial score (nSPS) is 17.6. The van der Waals surface area contributed by atoms with Crippen LogP contribution < -0.4 is 11.2 Å². The monoisotopic (exact) mass is 345 g/mol. The number of likely N-dealkylation sites (tertiary alicyclic amines) is 1. The van der Waals surface area contributed by atoms with Crippen molar-refractivity contribution in [3.8, 4) is 0 Å². The molecule has 1 atom stereocenters. The number of carbonyl (C=O) groups excluding carboxylic acids is 1. The fourth-order valence-corrected chi connectivity index (χ4v) is 3.39. The Hall–Kier alpha value is -2.64. The van der Waals surface area contributed by atoms with Crippen LogP contribution in [-0.4, -0.2) is 42.9 Å². The Morgan fingerprint density at radius 1 is 1.36 bits per heavy atom. The van der Waals surface area contributed by atoms with Gasteiger partial charge in [0.1, 0.15) is 5.82 Å². The van der Waals surface area contributed by atoms with E-state index in [4.69, 9.17) is 0 Å². The topological polar surface area (TPSA) is 104 Å². The number of nitrogens with zero attached hydrogens (tertiary/aromatic N) is 3. The molecule has 0 aromatic carbocycles. The molecule has 0 spiro atoms. The first kappa shape index (κ1) is 17.2. The SMILES string of the molecule is Cc1nccn1CC[C@@H]1CCCCN1C(=O)Cc1c[nH]c(=O)[nH]c1=O. The summed E-state index contributed by atoms with van der Waals surface area (Å²) in [5.74, 6) is 0.901. The molecule has 25 heavy (non-hydrogen) atoms. The molecule has 2 N–H and O–H groups in total. The van der Waals surface area contributed by atoms with E-state index < -0.39 is 11.2 Å². The number of carbonyl (C=O) groups is 1. The highest BCUT2D eigenvalue weighted by Gasteiger charge is 2.27. The van der Waals surface area contributed by atoms with Gasteiger partial charge in [-0.15, -0.1) is 0 Å². The predicted molar refractivity (Wildman–Crippen MR) is 92.3 cm³/mol. The summed E-state index contributed by atoms with van der Waals surface area (Å²) < 4.78 is 2.09. The number of hydrogen-bond donors (Lipinski definition) is 2. The van der Waals surface area contributed by atoms with Crippen molar-refractivity contribution in [1.29, 1.82) is 0 Å². The minimum absolute atomic E-state index is 0.00666. The molecule has 3 heterocycles. The number of piperidine rings is 1. The van der Waals surface area contributed by atoms with Crippen LogP contribution in [0, 0.1) is 6.92 Å². The van der Waals surface area contributed by atoms with Gasteiger partial charge < -0.3 is 14.5 Å². The van der Waals surface area contributed by atoms with Gasteiger partial charge in [0, 0.05) is 43.3 Å². The molecule has 3 rings (SSSR count). The summed E-state index contributed by atoms with van der Waals surface area (Å²) >= 11 is 0.